The van der Waals surface area contributed by atoms with Crippen molar-refractivity contribution in [2.24, 2.45) is 17.6 Å². The minimum Gasteiger partial charge on any atom is -0.382 e. The molecule has 0 aromatic heterocycles. The number of hydrogen-bond acceptors (Lipinski definition) is 4. The summed E-state index contributed by atoms with van der Waals surface area (Å²) in [4.78, 5) is 0. The molecule has 0 rings (SSSR count). The first-order valence-corrected chi connectivity index (χ1v) is 6.69. The van der Waals surface area contributed by atoms with Gasteiger partial charge in [0.2, 0.25) is 0 Å². The maximum atomic E-state index is 5.71. The van der Waals surface area contributed by atoms with Gasteiger partial charge in [0.1, 0.15) is 0 Å². The standard InChI is InChI=1S/C13H30N2O2/c1-12(2)13(10-14)11-15-6-4-5-7-17-9-8-16-3/h12-13,15H,4-11,14H2,1-3H3. The summed E-state index contributed by atoms with van der Waals surface area (Å²) in [6, 6.07) is 0. The van der Waals surface area contributed by atoms with Crippen LogP contribution in [0.15, 0.2) is 0 Å². The molecule has 0 spiro atoms. The summed E-state index contributed by atoms with van der Waals surface area (Å²) < 4.78 is 10.3. The lowest BCUT2D eigenvalue weighted by Crippen LogP contribution is -2.32. The molecule has 0 aliphatic carbocycles. The molecule has 1 atom stereocenters. The van der Waals surface area contributed by atoms with E-state index in [9.17, 15) is 0 Å². The van der Waals surface area contributed by atoms with E-state index in [1.807, 2.05) is 0 Å². The summed E-state index contributed by atoms with van der Waals surface area (Å²) in [5.74, 6) is 1.25. The summed E-state index contributed by atoms with van der Waals surface area (Å²) in [7, 11) is 1.69. The van der Waals surface area contributed by atoms with Crippen molar-refractivity contribution < 1.29 is 9.47 Å². The van der Waals surface area contributed by atoms with E-state index in [2.05, 4.69) is 19.2 Å². The summed E-state index contributed by atoms with van der Waals surface area (Å²) in [6.07, 6.45) is 2.26. The maximum absolute atomic E-state index is 5.71. The van der Waals surface area contributed by atoms with Crippen LogP contribution in [-0.2, 0) is 9.47 Å². The average molecular weight is 246 g/mol. The number of ether oxygens (including phenoxy) is 2. The third-order valence-corrected chi connectivity index (χ3v) is 2.98. The van der Waals surface area contributed by atoms with Crippen LogP contribution in [0.2, 0.25) is 0 Å². The quantitative estimate of drug-likeness (QED) is 0.509. The van der Waals surface area contributed by atoms with Gasteiger partial charge in [-0.3, -0.25) is 0 Å². The van der Waals surface area contributed by atoms with Gasteiger partial charge in [0.05, 0.1) is 13.2 Å². The fourth-order valence-corrected chi connectivity index (χ4v) is 1.58. The van der Waals surface area contributed by atoms with Gasteiger partial charge in [-0.25, -0.2) is 0 Å². The monoisotopic (exact) mass is 246 g/mol. The SMILES string of the molecule is COCCOCCCCNCC(CN)C(C)C. The molecule has 0 saturated carbocycles. The molecular formula is C13H30N2O2. The van der Waals surface area contributed by atoms with E-state index < -0.39 is 0 Å². The van der Waals surface area contributed by atoms with Crippen molar-refractivity contribution in [3.63, 3.8) is 0 Å². The lowest BCUT2D eigenvalue weighted by atomic mass is 9.96. The van der Waals surface area contributed by atoms with Crippen LogP contribution in [-0.4, -0.2) is 46.6 Å². The molecule has 1 unspecified atom stereocenters. The van der Waals surface area contributed by atoms with Crippen molar-refractivity contribution in [3.05, 3.63) is 0 Å². The van der Waals surface area contributed by atoms with Gasteiger partial charge in [-0.05, 0) is 44.3 Å². The second-order valence-corrected chi connectivity index (χ2v) is 4.76. The van der Waals surface area contributed by atoms with Gasteiger partial charge in [-0.1, -0.05) is 13.8 Å². The zero-order valence-electron chi connectivity index (χ0n) is 11.7. The third kappa shape index (κ3) is 10.7. The number of unbranched alkanes of at least 4 members (excludes halogenated alkanes) is 1. The molecule has 0 radical (unpaired) electrons. The van der Waals surface area contributed by atoms with E-state index in [4.69, 9.17) is 15.2 Å². The smallest absolute Gasteiger partial charge is 0.0700 e. The van der Waals surface area contributed by atoms with Crippen LogP contribution < -0.4 is 11.1 Å². The summed E-state index contributed by atoms with van der Waals surface area (Å²) in [6.45, 7) is 9.51. The zero-order chi connectivity index (χ0) is 12.9. The number of nitrogens with one attached hydrogen (secondary N) is 1. The fraction of sp³-hybridized carbons (Fsp3) is 1.00. The molecule has 0 fully saturated rings. The van der Waals surface area contributed by atoms with Crippen molar-refractivity contribution in [1.82, 2.24) is 5.32 Å². The Morgan fingerprint density at radius 1 is 1.12 bits per heavy atom. The first-order chi connectivity index (χ1) is 8.22. The van der Waals surface area contributed by atoms with Crippen molar-refractivity contribution in [3.8, 4) is 0 Å². The Balaban J connectivity index is 3.17. The molecule has 0 bridgehead atoms. The van der Waals surface area contributed by atoms with Gasteiger partial charge >= 0.3 is 0 Å². The number of rotatable bonds is 12. The molecule has 4 nitrogen and oxygen atoms in total. The highest BCUT2D eigenvalue weighted by Crippen LogP contribution is 2.07. The van der Waals surface area contributed by atoms with Gasteiger partial charge in [0.25, 0.3) is 0 Å². The third-order valence-electron chi connectivity index (χ3n) is 2.98. The molecule has 0 aromatic rings. The van der Waals surface area contributed by atoms with Crippen LogP contribution in [0.3, 0.4) is 0 Å². The lowest BCUT2D eigenvalue weighted by molar-refractivity contribution is 0.0688. The second kappa shape index (κ2) is 12.3. The average Bonchev–Trinajstić information content (AvgIpc) is 2.31. The summed E-state index contributed by atoms with van der Waals surface area (Å²) in [5, 5.41) is 3.46. The highest BCUT2D eigenvalue weighted by atomic mass is 16.5. The highest BCUT2D eigenvalue weighted by molar-refractivity contribution is 4.66. The Morgan fingerprint density at radius 2 is 1.88 bits per heavy atom. The van der Waals surface area contributed by atoms with E-state index in [0.29, 0.717) is 25.0 Å². The predicted molar refractivity (Wildman–Crippen MR) is 72.2 cm³/mol. The van der Waals surface area contributed by atoms with Crippen molar-refractivity contribution in [1.29, 1.82) is 0 Å². The Hall–Kier alpha value is -0.160. The summed E-state index contributed by atoms with van der Waals surface area (Å²) >= 11 is 0. The Morgan fingerprint density at radius 3 is 2.47 bits per heavy atom. The Kier molecular flexibility index (Phi) is 12.2. The lowest BCUT2D eigenvalue weighted by Gasteiger charge is -2.19. The van der Waals surface area contributed by atoms with E-state index in [0.717, 1.165) is 39.1 Å². The predicted octanol–water partition coefficient (Wildman–Crippen LogP) is 1.25. The minimum atomic E-state index is 0.591. The largest absolute Gasteiger partial charge is 0.382 e. The summed E-state index contributed by atoms with van der Waals surface area (Å²) in [5.41, 5.74) is 5.71. The topological polar surface area (TPSA) is 56.5 Å². The fourth-order valence-electron chi connectivity index (χ4n) is 1.58. The highest BCUT2D eigenvalue weighted by Gasteiger charge is 2.09. The molecular weight excluding hydrogens is 216 g/mol. The number of methoxy groups -OCH3 is 1. The number of hydrogen-bond donors (Lipinski definition) is 2. The van der Waals surface area contributed by atoms with Crippen LogP contribution in [0.4, 0.5) is 0 Å². The van der Waals surface area contributed by atoms with Crippen LogP contribution in [0.25, 0.3) is 0 Å². The molecule has 0 aromatic carbocycles. The van der Waals surface area contributed by atoms with Gasteiger partial charge in [-0.15, -0.1) is 0 Å². The zero-order valence-corrected chi connectivity index (χ0v) is 11.7. The maximum Gasteiger partial charge on any atom is 0.0700 e. The first-order valence-electron chi connectivity index (χ1n) is 6.69. The molecule has 0 heterocycles. The molecule has 0 aliphatic heterocycles. The van der Waals surface area contributed by atoms with Crippen molar-refractivity contribution in [2.75, 3.05) is 46.6 Å². The molecule has 4 heteroatoms. The normalized spacial score (nSPS) is 13.2. The minimum absolute atomic E-state index is 0.591. The molecule has 0 aliphatic rings. The first kappa shape index (κ1) is 16.8. The van der Waals surface area contributed by atoms with Crippen molar-refractivity contribution in [2.45, 2.75) is 26.7 Å². The second-order valence-electron chi connectivity index (χ2n) is 4.76. The van der Waals surface area contributed by atoms with E-state index in [1.165, 1.54) is 0 Å². The van der Waals surface area contributed by atoms with Gasteiger partial charge < -0.3 is 20.5 Å². The van der Waals surface area contributed by atoms with Crippen LogP contribution in [0.5, 0.6) is 0 Å². The van der Waals surface area contributed by atoms with Crippen molar-refractivity contribution >= 4 is 0 Å². The van der Waals surface area contributed by atoms with Crippen LogP contribution in [0.1, 0.15) is 26.7 Å². The van der Waals surface area contributed by atoms with Gasteiger partial charge in [0.15, 0.2) is 0 Å². The van der Waals surface area contributed by atoms with Gasteiger partial charge in [-0.2, -0.15) is 0 Å². The Labute approximate surface area is 106 Å². The molecule has 3 N–H and O–H groups in total. The van der Waals surface area contributed by atoms with E-state index in [-0.39, 0.29) is 0 Å². The molecule has 0 saturated heterocycles. The van der Waals surface area contributed by atoms with Crippen LogP contribution >= 0.6 is 0 Å². The van der Waals surface area contributed by atoms with E-state index >= 15 is 0 Å². The number of nitrogens with two attached hydrogens (primary N) is 1. The van der Waals surface area contributed by atoms with Gasteiger partial charge in [0, 0.05) is 13.7 Å². The van der Waals surface area contributed by atoms with Crippen LogP contribution in [0, 0.1) is 11.8 Å². The Bertz CT molecular complexity index is 154. The van der Waals surface area contributed by atoms with E-state index in [1.54, 1.807) is 7.11 Å². The molecule has 0 amide bonds. The molecule has 17 heavy (non-hydrogen) atoms. The molecule has 104 valence electrons.